The van der Waals surface area contributed by atoms with Crippen molar-refractivity contribution in [3.05, 3.63) is 65.8 Å². The third kappa shape index (κ3) is 13.6. The van der Waals surface area contributed by atoms with E-state index in [-0.39, 0.29) is 29.9 Å². The molecule has 12 nitrogen and oxygen atoms in total. The monoisotopic (exact) mass is 871 g/mol. The highest BCUT2D eigenvalue weighted by molar-refractivity contribution is 7.89. The Hall–Kier alpha value is -2.83. The van der Waals surface area contributed by atoms with Crippen LogP contribution in [0.5, 0.6) is 0 Å². The fraction of sp³-hybridized carbons (Fsp3) is 0.674. The van der Waals surface area contributed by atoms with E-state index < -0.39 is 100 Å². The van der Waals surface area contributed by atoms with Crippen molar-refractivity contribution in [3.63, 3.8) is 0 Å². The first-order valence-electron chi connectivity index (χ1n) is 20.3. The number of carbonyl (C=O) groups is 2. The maximum atomic E-state index is 14.1. The molecular formula is C43H67F2NO11SSi. The van der Waals surface area contributed by atoms with E-state index in [0.29, 0.717) is 30.5 Å². The first-order valence-corrected chi connectivity index (χ1v) is 24.6. The Morgan fingerprint density at radius 1 is 1.14 bits per heavy atom. The lowest BCUT2D eigenvalue weighted by Crippen LogP contribution is -2.54. The molecule has 1 aromatic rings. The van der Waals surface area contributed by atoms with Gasteiger partial charge in [-0.25, -0.2) is 21.9 Å². The van der Waals surface area contributed by atoms with Crippen LogP contribution in [-0.4, -0.2) is 99.9 Å². The zero-order valence-corrected chi connectivity index (χ0v) is 38.7. The van der Waals surface area contributed by atoms with E-state index >= 15 is 0 Å². The van der Waals surface area contributed by atoms with Gasteiger partial charge in [0.25, 0.3) is 0 Å². The fourth-order valence-electron chi connectivity index (χ4n) is 7.10. The zero-order valence-electron chi connectivity index (χ0n) is 36.9. The van der Waals surface area contributed by atoms with E-state index in [1.54, 1.807) is 46.1 Å². The second-order valence-corrected chi connectivity index (χ2v) is 24.5. The number of cyclic esters (lactones) is 1. The lowest BCUT2D eigenvalue weighted by atomic mass is 9.87. The third-order valence-electron chi connectivity index (χ3n) is 11.9. The van der Waals surface area contributed by atoms with Crippen LogP contribution in [0.25, 0.3) is 0 Å². The molecule has 1 fully saturated rings. The molecule has 0 bridgehead atoms. The van der Waals surface area contributed by atoms with Gasteiger partial charge in [0.05, 0.1) is 41.3 Å². The summed E-state index contributed by atoms with van der Waals surface area (Å²) in [5, 5.41) is 23.4. The third-order valence-corrected chi connectivity index (χ3v) is 17.9. The molecule has 3 unspecified atom stereocenters. The van der Waals surface area contributed by atoms with E-state index in [9.17, 15) is 37.0 Å². The van der Waals surface area contributed by atoms with Crippen molar-refractivity contribution in [2.24, 2.45) is 11.8 Å². The molecule has 0 spiro atoms. The van der Waals surface area contributed by atoms with Gasteiger partial charge in [0.15, 0.2) is 20.0 Å². The smallest absolute Gasteiger partial charge is 0.308 e. The van der Waals surface area contributed by atoms with Gasteiger partial charge in [-0.3, -0.25) is 9.59 Å². The van der Waals surface area contributed by atoms with Gasteiger partial charge >= 0.3 is 11.9 Å². The molecule has 2 aliphatic rings. The van der Waals surface area contributed by atoms with Gasteiger partial charge in [-0.15, -0.1) is 0 Å². The highest BCUT2D eigenvalue weighted by Crippen LogP contribution is 2.41. The average Bonchev–Trinajstić information content (AvgIpc) is 3.91. The average molecular weight is 872 g/mol. The van der Waals surface area contributed by atoms with Crippen molar-refractivity contribution in [1.82, 2.24) is 4.72 Å². The number of hydrogen-bond donors (Lipinski definition) is 3. The highest BCUT2D eigenvalue weighted by Gasteiger charge is 2.55. The normalized spacial score (nSPS) is 29.1. The molecule has 1 saturated heterocycles. The predicted molar refractivity (Wildman–Crippen MR) is 223 cm³/mol. The Morgan fingerprint density at radius 3 is 2.34 bits per heavy atom. The van der Waals surface area contributed by atoms with Gasteiger partial charge in [0.1, 0.15) is 23.9 Å². The van der Waals surface area contributed by atoms with Crippen LogP contribution in [0.3, 0.4) is 0 Å². The van der Waals surface area contributed by atoms with Crippen molar-refractivity contribution < 1.29 is 60.4 Å². The summed E-state index contributed by atoms with van der Waals surface area (Å²) in [4.78, 5) is 25.3. The molecule has 0 aromatic heterocycles. The molecule has 1 aromatic carbocycles. The number of rotatable bonds is 15. The molecule has 3 N–H and O–H groups in total. The number of benzene rings is 1. The lowest BCUT2D eigenvalue weighted by Gasteiger charge is -2.40. The van der Waals surface area contributed by atoms with Crippen molar-refractivity contribution in [3.8, 4) is 0 Å². The lowest BCUT2D eigenvalue weighted by molar-refractivity contribution is -0.157. The summed E-state index contributed by atoms with van der Waals surface area (Å²) in [5.74, 6) is -4.33. The summed E-state index contributed by atoms with van der Waals surface area (Å²) < 4.78 is 87.4. The van der Waals surface area contributed by atoms with Gasteiger partial charge in [0.2, 0.25) is 10.0 Å². The number of esters is 2. The van der Waals surface area contributed by atoms with Crippen LogP contribution in [-0.2, 0) is 43.0 Å². The minimum absolute atomic E-state index is 0.0890. The number of ether oxygens (including phenoxy) is 4. The van der Waals surface area contributed by atoms with Crippen molar-refractivity contribution in [2.45, 2.75) is 172 Å². The van der Waals surface area contributed by atoms with Gasteiger partial charge in [0, 0.05) is 25.9 Å². The molecule has 2 heterocycles. The molecule has 0 amide bonds. The molecule has 0 aliphatic carbocycles. The topological polar surface area (TPSA) is 170 Å². The molecule has 334 valence electrons. The number of hydrogen-bond acceptors (Lipinski definition) is 11. The van der Waals surface area contributed by atoms with Crippen LogP contribution >= 0.6 is 0 Å². The minimum atomic E-state index is -4.50. The summed E-state index contributed by atoms with van der Waals surface area (Å²) in [6, 6.07) is 0.905. The molecule has 3 rings (SSSR count). The van der Waals surface area contributed by atoms with Crippen LogP contribution in [0.1, 0.15) is 94.9 Å². The SMILES string of the molecule is CC[C@H](OC)[C@@H](C)[C@H]1O[C@@H]1C(NS(=O)(=O)c1ccc(F)c(F)c1)C(C)(O)C=CC=C(C)C1OC(=O)C[C@H](O[Si](C)(C)C(C)(C)C)CC[C@@](C)(O)[C@@H](OC(C)=O)C=C[C@@H]1C. The zero-order chi connectivity index (χ0) is 44.9. The Bertz CT molecular complexity index is 1820. The maximum Gasteiger partial charge on any atom is 0.308 e. The van der Waals surface area contributed by atoms with Crippen LogP contribution < -0.4 is 4.72 Å². The molecular weight excluding hydrogens is 805 g/mol. The van der Waals surface area contributed by atoms with E-state index in [0.717, 1.165) is 6.07 Å². The largest absolute Gasteiger partial charge is 0.457 e. The number of nitrogens with one attached hydrogen (secondary N) is 1. The second-order valence-electron chi connectivity index (χ2n) is 18.1. The molecule has 0 saturated carbocycles. The fourth-order valence-corrected chi connectivity index (χ4v) is 9.83. The maximum absolute atomic E-state index is 14.1. The predicted octanol–water partition coefficient (Wildman–Crippen LogP) is 7.05. The summed E-state index contributed by atoms with van der Waals surface area (Å²) >= 11 is 0. The standard InChI is InChI=1S/C43H67F2NO11SSi/c1-14-34(53-11)28(4)38-39(56-38)40(46-58(51,52)31-18-19-32(44)33(45)25-31)43(10,50)22-15-16-26(2)37-27(3)17-20-35(54-29(5)47)42(9,49)23-21-30(24-36(48)55-37)57-59(12,13)41(6,7)8/h15-20,22,25,27-28,30,34-35,37-40,46,49-50H,14,21,23-24H2,1-13H3/t27-,28+,30+,34-,35-,37?,38+,39-,40?,42+,43?/m0/s1. The van der Waals surface area contributed by atoms with Crippen LogP contribution in [0.15, 0.2) is 59.0 Å². The minimum Gasteiger partial charge on any atom is -0.457 e. The van der Waals surface area contributed by atoms with Gasteiger partial charge in [-0.1, -0.05) is 65.8 Å². The van der Waals surface area contributed by atoms with E-state index in [2.05, 4.69) is 38.6 Å². The van der Waals surface area contributed by atoms with E-state index in [1.807, 2.05) is 13.8 Å². The summed E-state index contributed by atoms with van der Waals surface area (Å²) in [6.07, 6.45) is 4.86. The van der Waals surface area contributed by atoms with Crippen LogP contribution in [0.4, 0.5) is 8.78 Å². The van der Waals surface area contributed by atoms with Crippen molar-refractivity contribution in [1.29, 1.82) is 0 Å². The van der Waals surface area contributed by atoms with Crippen LogP contribution in [0, 0.1) is 23.5 Å². The molecule has 11 atom stereocenters. The number of sulfonamides is 1. The number of methoxy groups -OCH3 is 1. The van der Waals surface area contributed by atoms with Crippen molar-refractivity contribution in [2.75, 3.05) is 7.11 Å². The quantitative estimate of drug-likeness (QED) is 0.0543. The molecule has 0 radical (unpaired) electrons. The van der Waals surface area contributed by atoms with E-state index in [4.69, 9.17) is 23.4 Å². The van der Waals surface area contributed by atoms with Crippen LogP contribution in [0.2, 0.25) is 18.1 Å². The summed E-state index contributed by atoms with van der Waals surface area (Å²) in [6.45, 7) is 22.0. The second kappa shape index (κ2) is 19.9. The Morgan fingerprint density at radius 2 is 1.78 bits per heavy atom. The van der Waals surface area contributed by atoms with Gasteiger partial charge in [-0.2, -0.15) is 0 Å². The Labute approximate surface area is 350 Å². The van der Waals surface area contributed by atoms with E-state index in [1.165, 1.54) is 26.0 Å². The van der Waals surface area contributed by atoms with Crippen molar-refractivity contribution >= 4 is 30.3 Å². The van der Waals surface area contributed by atoms with Gasteiger partial charge in [-0.05, 0) is 88.0 Å². The number of carbonyl (C=O) groups excluding carboxylic acids is 2. The molecule has 16 heteroatoms. The first kappa shape index (κ1) is 50.5. The number of epoxide rings is 1. The Kier molecular flexibility index (Phi) is 17.0. The van der Waals surface area contributed by atoms with Gasteiger partial charge < -0.3 is 33.6 Å². The number of halogens is 2. The first-order chi connectivity index (χ1) is 27.1. The number of allylic oxidation sites excluding steroid dienone is 2. The summed E-state index contributed by atoms with van der Waals surface area (Å²) in [5.41, 5.74) is -2.85. The number of aliphatic hydroxyl groups is 2. The summed E-state index contributed by atoms with van der Waals surface area (Å²) in [7, 11) is -5.32. The molecule has 2 aliphatic heterocycles. The Balaban J connectivity index is 2.02. The highest BCUT2D eigenvalue weighted by atomic mass is 32.2. The molecule has 59 heavy (non-hydrogen) atoms.